The summed E-state index contributed by atoms with van der Waals surface area (Å²) in [5.41, 5.74) is 0. The van der Waals surface area contributed by atoms with Gasteiger partial charge in [0.25, 0.3) is 0 Å². The van der Waals surface area contributed by atoms with E-state index in [0.717, 1.165) is 7.11 Å². The zero-order chi connectivity index (χ0) is 9.61. The molecule has 0 spiro atoms. The Morgan fingerprint density at radius 1 is 1.75 bits per heavy atom. The molecule has 0 aromatic carbocycles. The van der Waals surface area contributed by atoms with Crippen LogP contribution in [0.25, 0.3) is 0 Å². The Kier molecular flexibility index (Phi) is 4.81. The Hall–Kier alpha value is -0.640. The van der Waals surface area contributed by atoms with Gasteiger partial charge in [0.05, 0.1) is 0 Å². The van der Waals surface area contributed by atoms with Gasteiger partial charge in [-0.25, -0.2) is 0 Å². The minimum atomic E-state index is -3.78. The molecule has 0 heterocycles. The van der Waals surface area contributed by atoms with Gasteiger partial charge < -0.3 is 14.2 Å². The molecule has 0 saturated heterocycles. The van der Waals surface area contributed by atoms with Crippen molar-refractivity contribution in [2.75, 3.05) is 19.9 Å². The Labute approximate surface area is 70.5 Å². The van der Waals surface area contributed by atoms with Gasteiger partial charge in [0.1, 0.15) is 12.8 Å². The van der Waals surface area contributed by atoms with Crippen molar-refractivity contribution in [1.82, 2.24) is 0 Å². The third-order valence-electron chi connectivity index (χ3n) is 0.976. The minimum Gasteiger partial charge on any atom is -0.461 e. The molecule has 0 aliphatic rings. The van der Waals surface area contributed by atoms with Crippen LogP contribution < -0.4 is 0 Å². The molecule has 1 atom stereocenters. The van der Waals surface area contributed by atoms with Crippen LogP contribution >= 0.6 is 7.60 Å². The average molecular weight is 194 g/mol. The van der Waals surface area contributed by atoms with Crippen LogP contribution in [0.15, 0.2) is 12.7 Å². The summed E-state index contributed by atoms with van der Waals surface area (Å²) >= 11 is 0. The largest absolute Gasteiger partial charge is 0.461 e. The van der Waals surface area contributed by atoms with E-state index in [9.17, 15) is 9.36 Å². The van der Waals surface area contributed by atoms with E-state index in [4.69, 9.17) is 4.89 Å². The monoisotopic (exact) mass is 194 g/mol. The van der Waals surface area contributed by atoms with E-state index in [0.29, 0.717) is 0 Å². The zero-order valence-electron chi connectivity index (χ0n) is 6.73. The number of carbonyl (C=O) groups is 1. The van der Waals surface area contributed by atoms with Crippen LogP contribution in [0.5, 0.6) is 0 Å². The molecule has 1 unspecified atom stereocenters. The van der Waals surface area contributed by atoms with E-state index in [1.807, 2.05) is 0 Å². The maximum atomic E-state index is 10.8. The summed E-state index contributed by atoms with van der Waals surface area (Å²) in [5.74, 6) is -0.775. The van der Waals surface area contributed by atoms with Crippen molar-refractivity contribution in [3.8, 4) is 0 Å². The molecular formula is C6H11O5P. The number of hydrogen-bond acceptors (Lipinski definition) is 4. The summed E-state index contributed by atoms with van der Waals surface area (Å²) in [5, 5.41) is 0. The van der Waals surface area contributed by atoms with Crippen LogP contribution in [-0.2, 0) is 18.6 Å². The molecule has 0 aliphatic carbocycles. The molecule has 0 amide bonds. The van der Waals surface area contributed by atoms with Crippen LogP contribution in [0, 0.1) is 0 Å². The molecule has 0 aromatic rings. The Balaban J connectivity index is 3.84. The van der Waals surface area contributed by atoms with Gasteiger partial charge in [0, 0.05) is 7.11 Å². The van der Waals surface area contributed by atoms with E-state index in [2.05, 4.69) is 15.8 Å². The van der Waals surface area contributed by atoms with Crippen LogP contribution in [0.1, 0.15) is 0 Å². The number of rotatable bonds is 5. The topological polar surface area (TPSA) is 72.8 Å². The summed E-state index contributed by atoms with van der Waals surface area (Å²) in [7, 11) is -2.72. The quantitative estimate of drug-likeness (QED) is 0.393. The third kappa shape index (κ3) is 5.07. The lowest BCUT2D eigenvalue weighted by Gasteiger charge is -2.06. The Morgan fingerprint density at radius 3 is 2.75 bits per heavy atom. The molecular weight excluding hydrogens is 183 g/mol. The van der Waals surface area contributed by atoms with Crippen LogP contribution in [0.3, 0.4) is 0 Å². The van der Waals surface area contributed by atoms with Gasteiger partial charge in [0.2, 0.25) is 0 Å². The van der Waals surface area contributed by atoms with Crippen molar-refractivity contribution in [1.29, 1.82) is 0 Å². The van der Waals surface area contributed by atoms with Gasteiger partial charge >= 0.3 is 13.6 Å². The lowest BCUT2D eigenvalue weighted by molar-refractivity contribution is -0.139. The van der Waals surface area contributed by atoms with E-state index in [-0.39, 0.29) is 6.61 Å². The molecule has 0 aromatic heterocycles. The maximum absolute atomic E-state index is 10.8. The van der Waals surface area contributed by atoms with E-state index >= 15 is 0 Å². The van der Waals surface area contributed by atoms with Gasteiger partial charge in [-0.05, 0) is 0 Å². The Morgan fingerprint density at radius 2 is 2.33 bits per heavy atom. The SMILES string of the molecule is C=CCOC(=O)CP(=O)(O)OC. The predicted molar refractivity (Wildman–Crippen MR) is 42.9 cm³/mol. The van der Waals surface area contributed by atoms with E-state index < -0.39 is 19.7 Å². The fourth-order valence-electron chi connectivity index (χ4n) is 0.425. The lowest BCUT2D eigenvalue weighted by atomic mass is 10.7. The number of esters is 1. The summed E-state index contributed by atoms with van der Waals surface area (Å²) < 4.78 is 19.4. The standard InChI is InChI=1S/C6H11O5P/c1-3-4-11-6(7)5-12(8,9)10-2/h3H,1,4-5H2,2H3,(H,8,9). The van der Waals surface area contributed by atoms with Crippen LogP contribution in [0.4, 0.5) is 0 Å². The predicted octanol–water partition coefficient (Wildman–Crippen LogP) is 0.547. The van der Waals surface area contributed by atoms with Crippen molar-refractivity contribution < 1.29 is 23.5 Å². The molecule has 1 N–H and O–H groups in total. The van der Waals surface area contributed by atoms with Gasteiger partial charge in [-0.2, -0.15) is 0 Å². The van der Waals surface area contributed by atoms with Crippen LogP contribution in [0.2, 0.25) is 0 Å². The fraction of sp³-hybridized carbons (Fsp3) is 0.500. The highest BCUT2D eigenvalue weighted by Crippen LogP contribution is 2.40. The molecule has 12 heavy (non-hydrogen) atoms. The average Bonchev–Trinajstić information content (AvgIpc) is 2.00. The van der Waals surface area contributed by atoms with Crippen molar-refractivity contribution in [3.63, 3.8) is 0 Å². The summed E-state index contributed by atoms with van der Waals surface area (Å²) in [6, 6.07) is 0. The minimum absolute atomic E-state index is 0.0303. The second-order valence-electron chi connectivity index (χ2n) is 1.95. The molecule has 0 rings (SSSR count). The number of carbonyl (C=O) groups excluding carboxylic acids is 1. The summed E-state index contributed by atoms with van der Waals surface area (Å²) in [4.78, 5) is 19.5. The lowest BCUT2D eigenvalue weighted by Crippen LogP contribution is -2.10. The first kappa shape index (κ1) is 11.4. The highest BCUT2D eigenvalue weighted by Gasteiger charge is 2.22. The fourth-order valence-corrected chi connectivity index (χ4v) is 0.972. The molecule has 6 heteroatoms. The highest BCUT2D eigenvalue weighted by molar-refractivity contribution is 7.53. The molecule has 0 fully saturated rings. The smallest absolute Gasteiger partial charge is 0.339 e. The van der Waals surface area contributed by atoms with Crippen LogP contribution in [-0.4, -0.2) is 30.7 Å². The molecule has 0 saturated carbocycles. The van der Waals surface area contributed by atoms with Crippen molar-refractivity contribution in [2.45, 2.75) is 0 Å². The first-order chi connectivity index (χ1) is 5.52. The molecule has 0 aliphatic heterocycles. The zero-order valence-corrected chi connectivity index (χ0v) is 7.62. The van der Waals surface area contributed by atoms with Gasteiger partial charge in [0.15, 0.2) is 0 Å². The maximum Gasteiger partial charge on any atom is 0.339 e. The summed E-state index contributed by atoms with van der Waals surface area (Å²) in [6.07, 6.45) is 0.740. The number of hydrogen-bond donors (Lipinski definition) is 1. The first-order valence-corrected chi connectivity index (χ1v) is 4.92. The first-order valence-electron chi connectivity index (χ1n) is 3.16. The van der Waals surface area contributed by atoms with E-state index in [1.165, 1.54) is 6.08 Å². The highest BCUT2D eigenvalue weighted by atomic mass is 31.2. The van der Waals surface area contributed by atoms with Crippen molar-refractivity contribution >= 4 is 13.6 Å². The van der Waals surface area contributed by atoms with Gasteiger partial charge in [-0.3, -0.25) is 9.36 Å². The van der Waals surface area contributed by atoms with Crippen molar-refractivity contribution in [2.24, 2.45) is 0 Å². The second kappa shape index (κ2) is 5.09. The normalized spacial score (nSPS) is 14.8. The second-order valence-corrected chi connectivity index (χ2v) is 3.91. The third-order valence-corrected chi connectivity index (χ3v) is 2.20. The number of ether oxygens (including phenoxy) is 1. The Bertz CT molecular complexity index is 212. The molecule has 0 radical (unpaired) electrons. The van der Waals surface area contributed by atoms with Gasteiger partial charge in [-0.1, -0.05) is 12.7 Å². The van der Waals surface area contributed by atoms with Gasteiger partial charge in [-0.15, -0.1) is 0 Å². The van der Waals surface area contributed by atoms with Crippen molar-refractivity contribution in [3.05, 3.63) is 12.7 Å². The molecule has 70 valence electrons. The summed E-state index contributed by atoms with van der Waals surface area (Å²) in [6.45, 7) is 3.34. The van der Waals surface area contributed by atoms with E-state index in [1.54, 1.807) is 0 Å². The molecule has 0 bridgehead atoms. The molecule has 5 nitrogen and oxygen atoms in total.